The Morgan fingerprint density at radius 2 is 1.57 bits per heavy atom. The Hall–Kier alpha value is -4.21. The first kappa shape index (κ1) is 25.4. The fraction of sp³-hybridized carbons (Fsp3) is 0.320. The zero-order valence-corrected chi connectivity index (χ0v) is 20.0. The van der Waals surface area contributed by atoms with Gasteiger partial charge in [0.2, 0.25) is 11.8 Å². The molecule has 0 aliphatic heterocycles. The van der Waals surface area contributed by atoms with Gasteiger partial charge in [0.15, 0.2) is 0 Å². The first-order chi connectivity index (χ1) is 16.9. The Morgan fingerprint density at radius 3 is 2.14 bits per heavy atom. The second kappa shape index (κ2) is 12.3. The number of hydrogen-bond donors (Lipinski definition) is 3. The number of amides is 3. The van der Waals surface area contributed by atoms with Crippen LogP contribution in [0.15, 0.2) is 67.3 Å². The van der Waals surface area contributed by atoms with Crippen molar-refractivity contribution in [3.63, 3.8) is 0 Å². The Bertz CT molecular complexity index is 1100. The van der Waals surface area contributed by atoms with Gasteiger partial charge in [0, 0.05) is 11.4 Å². The highest BCUT2D eigenvalue weighted by Crippen LogP contribution is 2.17. The molecule has 0 saturated carbocycles. The summed E-state index contributed by atoms with van der Waals surface area (Å²) in [5.74, 6) is -0.717. The molecule has 0 aliphatic carbocycles. The summed E-state index contributed by atoms with van der Waals surface area (Å²) < 4.78 is 6.73. The number of carbonyl (C=O) groups excluding carboxylic acids is 3. The molecule has 0 fully saturated rings. The smallest absolute Gasteiger partial charge is 0.408 e. The number of carbonyl (C=O) groups is 3. The van der Waals surface area contributed by atoms with Gasteiger partial charge < -0.3 is 20.7 Å². The molecule has 3 aromatic rings. The van der Waals surface area contributed by atoms with E-state index in [1.165, 1.54) is 17.3 Å². The van der Waals surface area contributed by atoms with Crippen molar-refractivity contribution >= 4 is 29.3 Å². The minimum Gasteiger partial charge on any atom is -0.445 e. The molecule has 3 amide bonds. The summed E-state index contributed by atoms with van der Waals surface area (Å²) in [6, 6.07) is 14.7. The summed E-state index contributed by atoms with van der Waals surface area (Å²) in [5, 5.41) is 12.3. The number of anilines is 2. The fourth-order valence-corrected chi connectivity index (χ4v) is 3.23. The molecule has 2 aromatic carbocycles. The minimum atomic E-state index is -0.772. The molecule has 3 rings (SSSR count). The first-order valence-corrected chi connectivity index (χ1v) is 11.4. The number of rotatable bonds is 10. The number of benzene rings is 2. The lowest BCUT2D eigenvalue weighted by Crippen LogP contribution is -2.47. The quantitative estimate of drug-likeness (QED) is 0.407. The molecule has 0 bridgehead atoms. The van der Waals surface area contributed by atoms with E-state index < -0.39 is 18.2 Å². The van der Waals surface area contributed by atoms with Crippen LogP contribution in [0.1, 0.15) is 38.8 Å². The molecule has 35 heavy (non-hydrogen) atoms. The SMILES string of the molecule is CC[C@H](C)[C@H](NC(=O)OCc1ccccc1)C(=O)Nc1ccc(NC(=O)C(C)n2cncn2)cc1. The summed E-state index contributed by atoms with van der Waals surface area (Å²) >= 11 is 0. The van der Waals surface area contributed by atoms with Crippen LogP contribution in [-0.2, 0) is 20.9 Å². The van der Waals surface area contributed by atoms with Crippen molar-refractivity contribution in [2.45, 2.75) is 45.9 Å². The number of ether oxygens (including phenoxy) is 1. The maximum Gasteiger partial charge on any atom is 0.408 e. The molecule has 1 heterocycles. The highest BCUT2D eigenvalue weighted by atomic mass is 16.5. The van der Waals surface area contributed by atoms with Crippen LogP contribution >= 0.6 is 0 Å². The molecular weight excluding hydrogens is 448 g/mol. The molecule has 0 saturated heterocycles. The Balaban J connectivity index is 1.55. The third kappa shape index (κ3) is 7.39. The molecule has 0 spiro atoms. The van der Waals surface area contributed by atoms with E-state index in [2.05, 4.69) is 26.0 Å². The molecule has 10 heteroatoms. The summed E-state index contributed by atoms with van der Waals surface area (Å²) in [4.78, 5) is 41.5. The van der Waals surface area contributed by atoms with E-state index >= 15 is 0 Å². The maximum atomic E-state index is 12.9. The first-order valence-electron chi connectivity index (χ1n) is 11.4. The number of alkyl carbamates (subject to hydrolysis) is 1. The molecule has 0 aliphatic rings. The van der Waals surface area contributed by atoms with Gasteiger partial charge in [0.25, 0.3) is 0 Å². The fourth-order valence-electron chi connectivity index (χ4n) is 3.23. The van der Waals surface area contributed by atoms with Gasteiger partial charge in [0.1, 0.15) is 31.3 Å². The highest BCUT2D eigenvalue weighted by Gasteiger charge is 2.26. The third-order valence-corrected chi connectivity index (χ3v) is 5.61. The minimum absolute atomic E-state index is 0.115. The van der Waals surface area contributed by atoms with Gasteiger partial charge in [-0.2, -0.15) is 5.10 Å². The monoisotopic (exact) mass is 478 g/mol. The van der Waals surface area contributed by atoms with Crippen LogP contribution < -0.4 is 16.0 Å². The number of aromatic nitrogens is 3. The van der Waals surface area contributed by atoms with Crippen LogP contribution in [-0.4, -0.2) is 38.7 Å². The number of nitrogens with one attached hydrogen (secondary N) is 3. The third-order valence-electron chi connectivity index (χ3n) is 5.61. The van der Waals surface area contributed by atoms with Crippen LogP contribution in [0.2, 0.25) is 0 Å². The Kier molecular flexibility index (Phi) is 8.94. The van der Waals surface area contributed by atoms with Crippen LogP contribution in [0, 0.1) is 5.92 Å². The van der Waals surface area contributed by atoms with E-state index in [9.17, 15) is 14.4 Å². The molecule has 10 nitrogen and oxygen atoms in total. The summed E-state index contributed by atoms with van der Waals surface area (Å²) in [6.07, 6.45) is 2.87. The summed E-state index contributed by atoms with van der Waals surface area (Å²) in [7, 11) is 0. The van der Waals surface area contributed by atoms with Crippen LogP contribution in [0.4, 0.5) is 16.2 Å². The number of nitrogens with zero attached hydrogens (tertiary/aromatic N) is 3. The second-order valence-electron chi connectivity index (χ2n) is 8.18. The summed E-state index contributed by atoms with van der Waals surface area (Å²) in [6.45, 7) is 5.66. The van der Waals surface area contributed by atoms with Gasteiger partial charge in [-0.3, -0.25) is 9.59 Å². The van der Waals surface area contributed by atoms with Crippen molar-refractivity contribution in [3.8, 4) is 0 Å². The van der Waals surface area contributed by atoms with Crippen LogP contribution in [0.3, 0.4) is 0 Å². The van der Waals surface area contributed by atoms with E-state index in [1.807, 2.05) is 44.2 Å². The maximum absolute atomic E-state index is 12.9. The van der Waals surface area contributed by atoms with E-state index in [4.69, 9.17) is 4.74 Å². The molecule has 3 N–H and O–H groups in total. The lowest BCUT2D eigenvalue weighted by atomic mass is 9.98. The number of hydrogen-bond acceptors (Lipinski definition) is 6. The Labute approximate surface area is 204 Å². The van der Waals surface area contributed by atoms with E-state index in [0.717, 1.165) is 5.56 Å². The van der Waals surface area contributed by atoms with Crippen molar-refractivity contribution in [2.24, 2.45) is 5.92 Å². The van der Waals surface area contributed by atoms with E-state index in [0.29, 0.717) is 17.8 Å². The van der Waals surface area contributed by atoms with E-state index in [1.54, 1.807) is 31.2 Å². The van der Waals surface area contributed by atoms with Gasteiger partial charge in [0.05, 0.1) is 0 Å². The average Bonchev–Trinajstić information content (AvgIpc) is 3.42. The molecular formula is C25H30N6O4. The van der Waals surface area contributed by atoms with E-state index in [-0.39, 0.29) is 24.3 Å². The molecule has 1 unspecified atom stereocenters. The lowest BCUT2D eigenvalue weighted by molar-refractivity contribution is -0.119. The van der Waals surface area contributed by atoms with Gasteiger partial charge in [-0.05, 0) is 42.7 Å². The van der Waals surface area contributed by atoms with Crippen molar-refractivity contribution in [1.29, 1.82) is 0 Å². The van der Waals surface area contributed by atoms with Gasteiger partial charge >= 0.3 is 6.09 Å². The zero-order chi connectivity index (χ0) is 25.2. The van der Waals surface area contributed by atoms with Crippen LogP contribution in [0.25, 0.3) is 0 Å². The van der Waals surface area contributed by atoms with Crippen molar-refractivity contribution < 1.29 is 19.1 Å². The van der Waals surface area contributed by atoms with Crippen LogP contribution in [0.5, 0.6) is 0 Å². The zero-order valence-electron chi connectivity index (χ0n) is 20.0. The predicted molar refractivity (Wildman–Crippen MR) is 131 cm³/mol. The lowest BCUT2D eigenvalue weighted by Gasteiger charge is -2.23. The molecule has 1 aromatic heterocycles. The molecule has 3 atom stereocenters. The average molecular weight is 479 g/mol. The van der Waals surface area contributed by atoms with Gasteiger partial charge in [-0.1, -0.05) is 50.6 Å². The van der Waals surface area contributed by atoms with Crippen molar-refractivity contribution in [3.05, 3.63) is 72.8 Å². The molecule has 184 valence electrons. The van der Waals surface area contributed by atoms with Crippen molar-refractivity contribution in [2.75, 3.05) is 10.6 Å². The second-order valence-corrected chi connectivity index (χ2v) is 8.18. The largest absolute Gasteiger partial charge is 0.445 e. The van der Waals surface area contributed by atoms with Gasteiger partial charge in [-0.15, -0.1) is 0 Å². The topological polar surface area (TPSA) is 127 Å². The highest BCUT2D eigenvalue weighted by molar-refractivity contribution is 5.97. The standard InChI is InChI=1S/C25H30N6O4/c1-4-17(2)22(30-25(34)35-14-19-8-6-5-7-9-19)24(33)29-21-12-10-20(11-13-21)28-23(32)18(3)31-16-26-15-27-31/h5-13,15-18,22H,4,14H2,1-3H3,(H,28,32)(H,29,33)(H,30,34)/t17-,18?,22-/m0/s1. The predicted octanol–water partition coefficient (Wildman–Crippen LogP) is 3.76. The van der Waals surface area contributed by atoms with Gasteiger partial charge in [-0.25, -0.2) is 14.5 Å². The summed E-state index contributed by atoms with van der Waals surface area (Å²) in [5.41, 5.74) is 1.96. The Morgan fingerprint density at radius 1 is 0.943 bits per heavy atom. The normalized spacial score (nSPS) is 13.2. The molecule has 0 radical (unpaired) electrons. The van der Waals surface area contributed by atoms with Crippen molar-refractivity contribution in [1.82, 2.24) is 20.1 Å².